The summed E-state index contributed by atoms with van der Waals surface area (Å²) in [6.07, 6.45) is 6.85. The predicted octanol–water partition coefficient (Wildman–Crippen LogP) is 1.31. The number of aryl methyl sites for hydroxylation is 2. The van der Waals surface area contributed by atoms with Crippen LogP contribution in [0.4, 0.5) is 4.79 Å². The first-order chi connectivity index (χ1) is 9.75. The van der Waals surface area contributed by atoms with Crippen molar-refractivity contribution < 1.29 is 9.53 Å². The Morgan fingerprint density at radius 3 is 3.10 bits per heavy atom. The summed E-state index contributed by atoms with van der Waals surface area (Å²) in [5, 5.41) is 5.78. The van der Waals surface area contributed by atoms with Gasteiger partial charge in [-0.05, 0) is 26.2 Å². The summed E-state index contributed by atoms with van der Waals surface area (Å²) in [6, 6.07) is -0.0734. The monoisotopic (exact) mass is 280 g/mol. The Bertz CT molecular complexity index is 413. The average Bonchev–Trinajstić information content (AvgIpc) is 3.08. The first-order valence-electron chi connectivity index (χ1n) is 7.33. The van der Waals surface area contributed by atoms with Gasteiger partial charge in [-0.3, -0.25) is 0 Å². The van der Waals surface area contributed by atoms with E-state index in [-0.39, 0.29) is 6.03 Å². The number of rotatable bonds is 7. The lowest BCUT2D eigenvalue weighted by atomic mass is 10.1. The second-order valence-corrected chi connectivity index (χ2v) is 5.24. The summed E-state index contributed by atoms with van der Waals surface area (Å²) in [4.78, 5) is 15.7. The highest BCUT2D eigenvalue weighted by Gasteiger charge is 2.15. The highest BCUT2D eigenvalue weighted by Crippen LogP contribution is 2.10. The van der Waals surface area contributed by atoms with Gasteiger partial charge in [-0.2, -0.15) is 0 Å². The van der Waals surface area contributed by atoms with E-state index in [1.54, 1.807) is 0 Å². The topological polar surface area (TPSA) is 68.2 Å². The third-order valence-electron chi connectivity index (χ3n) is 3.61. The van der Waals surface area contributed by atoms with Crippen molar-refractivity contribution in [1.82, 2.24) is 20.2 Å². The van der Waals surface area contributed by atoms with Gasteiger partial charge in [0, 0.05) is 44.6 Å². The number of carbonyl (C=O) groups is 1. The summed E-state index contributed by atoms with van der Waals surface area (Å²) < 4.78 is 7.39. The van der Waals surface area contributed by atoms with Crippen LogP contribution in [0, 0.1) is 12.8 Å². The van der Waals surface area contributed by atoms with Gasteiger partial charge in [0.2, 0.25) is 0 Å². The van der Waals surface area contributed by atoms with Crippen molar-refractivity contribution in [3.05, 3.63) is 18.2 Å². The largest absolute Gasteiger partial charge is 0.381 e. The van der Waals surface area contributed by atoms with E-state index < -0.39 is 0 Å². The van der Waals surface area contributed by atoms with Crippen LogP contribution in [0.5, 0.6) is 0 Å². The van der Waals surface area contributed by atoms with Crippen molar-refractivity contribution in [2.24, 2.45) is 5.92 Å². The molecule has 1 aliphatic rings. The third-order valence-corrected chi connectivity index (χ3v) is 3.61. The number of unbranched alkanes of at least 4 members (excludes halogenated alkanes) is 1. The number of ether oxygens (including phenoxy) is 1. The Kier molecular flexibility index (Phi) is 5.86. The van der Waals surface area contributed by atoms with E-state index in [1.807, 2.05) is 19.3 Å². The van der Waals surface area contributed by atoms with Gasteiger partial charge in [0.25, 0.3) is 0 Å². The predicted molar refractivity (Wildman–Crippen MR) is 76.5 cm³/mol. The average molecular weight is 280 g/mol. The molecule has 0 aromatic carbocycles. The molecule has 1 saturated heterocycles. The number of nitrogens with one attached hydrogen (secondary N) is 2. The van der Waals surface area contributed by atoms with Crippen LogP contribution in [0.3, 0.4) is 0 Å². The van der Waals surface area contributed by atoms with Crippen LogP contribution in [0.15, 0.2) is 12.4 Å². The van der Waals surface area contributed by atoms with E-state index in [4.69, 9.17) is 4.74 Å². The number of carbonyl (C=O) groups excluding carboxylic acids is 1. The molecular weight excluding hydrogens is 256 g/mol. The van der Waals surface area contributed by atoms with Crippen molar-refractivity contribution in [3.8, 4) is 0 Å². The van der Waals surface area contributed by atoms with Crippen LogP contribution in [0.25, 0.3) is 0 Å². The SMILES string of the molecule is Cc1nccn1CCCCNC(=O)NCC1CCOC1. The minimum Gasteiger partial charge on any atom is -0.381 e. The Morgan fingerprint density at radius 1 is 1.50 bits per heavy atom. The number of aromatic nitrogens is 2. The summed E-state index contributed by atoms with van der Waals surface area (Å²) in [5.41, 5.74) is 0. The van der Waals surface area contributed by atoms with Gasteiger partial charge in [0.15, 0.2) is 0 Å². The van der Waals surface area contributed by atoms with Gasteiger partial charge < -0.3 is 19.9 Å². The molecule has 1 atom stereocenters. The summed E-state index contributed by atoms with van der Waals surface area (Å²) >= 11 is 0. The highest BCUT2D eigenvalue weighted by atomic mass is 16.5. The van der Waals surface area contributed by atoms with Gasteiger partial charge >= 0.3 is 6.03 Å². The fourth-order valence-corrected chi connectivity index (χ4v) is 2.29. The minimum absolute atomic E-state index is 0.0734. The van der Waals surface area contributed by atoms with Crippen molar-refractivity contribution in [3.63, 3.8) is 0 Å². The number of hydrogen-bond acceptors (Lipinski definition) is 3. The lowest BCUT2D eigenvalue weighted by Gasteiger charge is -2.11. The number of hydrogen-bond donors (Lipinski definition) is 2. The molecule has 2 N–H and O–H groups in total. The maximum atomic E-state index is 11.6. The molecule has 1 unspecified atom stereocenters. The summed E-state index contributed by atoms with van der Waals surface area (Å²) in [6.45, 7) is 5.96. The zero-order valence-electron chi connectivity index (χ0n) is 12.1. The zero-order chi connectivity index (χ0) is 14.2. The number of amides is 2. The molecule has 1 aliphatic heterocycles. The number of nitrogens with zero attached hydrogens (tertiary/aromatic N) is 2. The van der Waals surface area contributed by atoms with Crippen LogP contribution in [-0.2, 0) is 11.3 Å². The molecule has 6 heteroatoms. The van der Waals surface area contributed by atoms with Crippen LogP contribution in [0.1, 0.15) is 25.1 Å². The molecule has 6 nitrogen and oxygen atoms in total. The lowest BCUT2D eigenvalue weighted by Crippen LogP contribution is -2.38. The van der Waals surface area contributed by atoms with Gasteiger partial charge in [-0.1, -0.05) is 0 Å². The maximum Gasteiger partial charge on any atom is 0.314 e. The Labute approximate surface area is 119 Å². The van der Waals surface area contributed by atoms with E-state index in [0.29, 0.717) is 19.0 Å². The molecule has 2 heterocycles. The molecule has 0 radical (unpaired) electrons. The third kappa shape index (κ3) is 4.85. The van der Waals surface area contributed by atoms with E-state index in [2.05, 4.69) is 20.2 Å². The molecule has 0 bridgehead atoms. The van der Waals surface area contributed by atoms with Crippen molar-refractivity contribution in [1.29, 1.82) is 0 Å². The fourth-order valence-electron chi connectivity index (χ4n) is 2.29. The minimum atomic E-state index is -0.0734. The molecule has 112 valence electrons. The molecule has 1 aromatic rings. The Hall–Kier alpha value is -1.56. The van der Waals surface area contributed by atoms with Crippen LogP contribution in [0.2, 0.25) is 0 Å². The lowest BCUT2D eigenvalue weighted by molar-refractivity contribution is 0.185. The van der Waals surface area contributed by atoms with Crippen molar-refractivity contribution in [2.45, 2.75) is 32.7 Å². The van der Waals surface area contributed by atoms with Crippen LogP contribution >= 0.6 is 0 Å². The molecule has 20 heavy (non-hydrogen) atoms. The van der Waals surface area contributed by atoms with Gasteiger partial charge in [-0.25, -0.2) is 9.78 Å². The van der Waals surface area contributed by atoms with Gasteiger partial charge in [-0.15, -0.1) is 0 Å². The van der Waals surface area contributed by atoms with E-state index in [0.717, 1.165) is 44.8 Å². The second-order valence-electron chi connectivity index (χ2n) is 5.24. The maximum absolute atomic E-state index is 11.6. The number of imidazole rings is 1. The zero-order valence-corrected chi connectivity index (χ0v) is 12.1. The van der Waals surface area contributed by atoms with E-state index in [1.165, 1.54) is 0 Å². The molecule has 0 spiro atoms. The van der Waals surface area contributed by atoms with Crippen molar-refractivity contribution in [2.75, 3.05) is 26.3 Å². The first-order valence-corrected chi connectivity index (χ1v) is 7.33. The Balaban J connectivity index is 1.48. The summed E-state index contributed by atoms with van der Waals surface area (Å²) in [7, 11) is 0. The quantitative estimate of drug-likeness (QED) is 0.740. The smallest absolute Gasteiger partial charge is 0.314 e. The molecule has 2 rings (SSSR count). The van der Waals surface area contributed by atoms with Crippen LogP contribution < -0.4 is 10.6 Å². The standard InChI is InChI=1S/C14H24N4O2/c1-12-15-6-8-18(12)7-3-2-5-16-14(19)17-10-13-4-9-20-11-13/h6,8,13H,2-5,7,9-11H2,1H3,(H2,16,17,19). The molecule has 1 fully saturated rings. The molecule has 2 amide bonds. The van der Waals surface area contributed by atoms with Gasteiger partial charge in [0.1, 0.15) is 5.82 Å². The van der Waals surface area contributed by atoms with Crippen molar-refractivity contribution >= 4 is 6.03 Å². The van der Waals surface area contributed by atoms with Crippen LogP contribution in [-0.4, -0.2) is 41.9 Å². The molecular formula is C14H24N4O2. The second kappa shape index (κ2) is 7.89. The summed E-state index contributed by atoms with van der Waals surface area (Å²) in [5.74, 6) is 1.51. The first kappa shape index (κ1) is 14.8. The van der Waals surface area contributed by atoms with E-state index in [9.17, 15) is 4.79 Å². The number of urea groups is 1. The molecule has 1 aromatic heterocycles. The fraction of sp³-hybridized carbons (Fsp3) is 0.714. The normalized spacial score (nSPS) is 18.1. The van der Waals surface area contributed by atoms with Gasteiger partial charge in [0.05, 0.1) is 6.61 Å². The molecule has 0 aliphatic carbocycles. The highest BCUT2D eigenvalue weighted by molar-refractivity contribution is 5.73. The molecule has 0 saturated carbocycles. The van der Waals surface area contributed by atoms with E-state index >= 15 is 0 Å². The Morgan fingerprint density at radius 2 is 2.40 bits per heavy atom.